The maximum atomic E-state index is 12.1. The number of allylic oxidation sites excluding steroid dienone is 1. The fourth-order valence-corrected chi connectivity index (χ4v) is 4.05. The van der Waals surface area contributed by atoms with Gasteiger partial charge < -0.3 is 0 Å². The third-order valence-electron chi connectivity index (χ3n) is 2.89. The van der Waals surface area contributed by atoms with Crippen LogP contribution in [0.3, 0.4) is 0 Å². The van der Waals surface area contributed by atoms with Gasteiger partial charge in [-0.1, -0.05) is 0 Å². The van der Waals surface area contributed by atoms with Crippen LogP contribution in [0, 0.1) is 36.5 Å². The molecular weight excluding hydrogens is 305 g/mol. The van der Waals surface area contributed by atoms with E-state index in [1.54, 1.807) is 4.90 Å². The summed E-state index contributed by atoms with van der Waals surface area (Å²) in [6.07, 6.45) is 0. The van der Waals surface area contributed by atoms with E-state index in [-0.39, 0.29) is 26.4 Å². The summed E-state index contributed by atoms with van der Waals surface area (Å²) in [6.45, 7) is 3.86. The van der Waals surface area contributed by atoms with Gasteiger partial charge in [0.25, 0.3) is 0 Å². The summed E-state index contributed by atoms with van der Waals surface area (Å²) < 4.78 is 0.583. The summed E-state index contributed by atoms with van der Waals surface area (Å²) >= 11 is -0.146. The van der Waals surface area contributed by atoms with Crippen molar-refractivity contribution in [3.8, 4) is 12.1 Å². The van der Waals surface area contributed by atoms with Crippen LogP contribution >= 0.6 is 0 Å². The van der Waals surface area contributed by atoms with E-state index in [2.05, 4.69) is 0 Å². The van der Waals surface area contributed by atoms with Gasteiger partial charge in [0.1, 0.15) is 0 Å². The first-order chi connectivity index (χ1) is 9.10. The predicted molar refractivity (Wildman–Crippen MR) is 72.2 cm³/mol. The molecule has 94 valence electrons. The number of aryl methyl sites for hydroxylation is 2. The van der Waals surface area contributed by atoms with E-state index in [4.69, 9.17) is 10.5 Å². The third kappa shape index (κ3) is 2.27. The summed E-state index contributed by atoms with van der Waals surface area (Å²) in [7, 11) is 0. The van der Waals surface area contributed by atoms with E-state index in [0.29, 0.717) is 9.91 Å². The van der Waals surface area contributed by atoms with Crippen LogP contribution in [0.5, 0.6) is 0 Å². The summed E-state index contributed by atoms with van der Waals surface area (Å²) in [5.74, 6) is -0.0320. The normalized spacial score (nSPS) is 14.2. The molecule has 1 aromatic rings. The van der Waals surface area contributed by atoms with E-state index in [9.17, 15) is 4.79 Å². The molecular formula is C14H11N3OSe. The number of hydrogen-bond acceptors (Lipinski definition) is 3. The Morgan fingerprint density at radius 3 is 2.37 bits per heavy atom. The Morgan fingerprint density at radius 1 is 1.26 bits per heavy atom. The standard InChI is InChI=1S/C14H11N3OSe/c1-9-4-3-5-10(2)13(9)17-12(18)8-19-14(17)11(6-15)7-16/h3-5H,8H2,1-2H3. The molecule has 0 spiro atoms. The van der Waals surface area contributed by atoms with Gasteiger partial charge >= 0.3 is 118 Å². The predicted octanol–water partition coefficient (Wildman–Crippen LogP) is 2.03. The van der Waals surface area contributed by atoms with Gasteiger partial charge in [0.05, 0.1) is 0 Å². The Morgan fingerprint density at radius 2 is 1.84 bits per heavy atom. The molecule has 0 saturated carbocycles. The van der Waals surface area contributed by atoms with Crippen molar-refractivity contribution in [2.75, 3.05) is 4.90 Å². The van der Waals surface area contributed by atoms with Crippen LogP contribution in [-0.2, 0) is 4.79 Å². The Hall–Kier alpha value is -2.07. The molecule has 0 bridgehead atoms. The molecule has 4 nitrogen and oxygen atoms in total. The molecule has 0 unspecified atom stereocenters. The zero-order valence-corrected chi connectivity index (χ0v) is 12.3. The van der Waals surface area contributed by atoms with E-state index in [1.165, 1.54) is 0 Å². The summed E-state index contributed by atoms with van der Waals surface area (Å²) in [5, 5.41) is 18.4. The van der Waals surface area contributed by atoms with Crippen molar-refractivity contribution in [3.05, 3.63) is 39.5 Å². The van der Waals surface area contributed by atoms with Gasteiger partial charge in [-0.25, -0.2) is 0 Å². The second-order valence-corrected chi connectivity index (χ2v) is 6.18. The van der Waals surface area contributed by atoms with Crippen LogP contribution in [0.15, 0.2) is 28.4 Å². The average Bonchev–Trinajstić information content (AvgIpc) is 2.74. The van der Waals surface area contributed by atoms with Crippen LogP contribution in [0.2, 0.25) is 5.32 Å². The summed E-state index contributed by atoms with van der Waals surface area (Å²) in [4.78, 5) is 13.7. The van der Waals surface area contributed by atoms with Crippen LogP contribution in [0.25, 0.3) is 0 Å². The number of carbonyl (C=O) groups is 1. The number of amides is 1. The Kier molecular flexibility index (Phi) is 3.71. The van der Waals surface area contributed by atoms with Gasteiger partial charge in [0.15, 0.2) is 0 Å². The molecule has 1 aromatic carbocycles. The van der Waals surface area contributed by atoms with Crippen molar-refractivity contribution in [2.24, 2.45) is 0 Å². The molecule has 2 rings (SSSR count). The summed E-state index contributed by atoms with van der Waals surface area (Å²) in [6, 6.07) is 9.57. The van der Waals surface area contributed by atoms with Crippen molar-refractivity contribution >= 4 is 26.6 Å². The first-order valence-electron chi connectivity index (χ1n) is 5.66. The molecule has 0 aromatic heterocycles. The first-order valence-corrected chi connectivity index (χ1v) is 7.73. The van der Waals surface area contributed by atoms with Crippen LogP contribution in [0.4, 0.5) is 5.69 Å². The van der Waals surface area contributed by atoms with E-state index in [1.807, 2.05) is 44.2 Å². The molecule has 1 aliphatic rings. The van der Waals surface area contributed by atoms with Crippen LogP contribution in [-0.4, -0.2) is 20.9 Å². The second-order valence-electron chi connectivity index (χ2n) is 4.16. The topological polar surface area (TPSA) is 67.9 Å². The Balaban J connectivity index is 2.66. The molecule has 0 N–H and O–H groups in total. The molecule has 0 radical (unpaired) electrons. The zero-order chi connectivity index (χ0) is 14.0. The van der Waals surface area contributed by atoms with Crippen molar-refractivity contribution in [2.45, 2.75) is 19.2 Å². The molecule has 0 atom stereocenters. The monoisotopic (exact) mass is 317 g/mol. The Labute approximate surface area is 118 Å². The average molecular weight is 316 g/mol. The van der Waals surface area contributed by atoms with E-state index >= 15 is 0 Å². The van der Waals surface area contributed by atoms with Gasteiger partial charge in [0.2, 0.25) is 0 Å². The van der Waals surface area contributed by atoms with Crippen molar-refractivity contribution in [1.29, 1.82) is 10.5 Å². The summed E-state index contributed by atoms with van der Waals surface area (Å²) in [5.41, 5.74) is 2.80. The minimum atomic E-state index is -0.146. The van der Waals surface area contributed by atoms with Crippen molar-refractivity contribution < 1.29 is 4.79 Å². The van der Waals surface area contributed by atoms with Crippen LogP contribution < -0.4 is 4.90 Å². The number of hydrogen-bond donors (Lipinski definition) is 0. The molecule has 5 heteroatoms. The quantitative estimate of drug-likeness (QED) is 0.588. The number of rotatable bonds is 1. The maximum absolute atomic E-state index is 12.1. The second kappa shape index (κ2) is 5.28. The molecule has 1 saturated heterocycles. The Bertz CT molecular complexity index is 628. The number of anilines is 1. The molecule has 19 heavy (non-hydrogen) atoms. The molecule has 1 fully saturated rings. The fourth-order valence-electron chi connectivity index (χ4n) is 2.06. The van der Waals surface area contributed by atoms with Gasteiger partial charge in [-0.2, -0.15) is 0 Å². The van der Waals surface area contributed by atoms with Gasteiger partial charge in [-0.15, -0.1) is 0 Å². The number of nitriles is 2. The van der Waals surface area contributed by atoms with E-state index in [0.717, 1.165) is 16.8 Å². The number of benzene rings is 1. The van der Waals surface area contributed by atoms with E-state index < -0.39 is 0 Å². The molecule has 1 aliphatic heterocycles. The van der Waals surface area contributed by atoms with Crippen LogP contribution in [0.1, 0.15) is 11.1 Å². The third-order valence-corrected chi connectivity index (χ3v) is 5.09. The molecule has 0 aliphatic carbocycles. The number of carbonyl (C=O) groups excluding carboxylic acids is 1. The van der Waals surface area contributed by atoms with Crippen molar-refractivity contribution in [3.63, 3.8) is 0 Å². The zero-order valence-electron chi connectivity index (χ0n) is 10.6. The van der Waals surface area contributed by atoms with Gasteiger partial charge in [-0.05, 0) is 0 Å². The fraction of sp³-hybridized carbons (Fsp3) is 0.214. The molecule has 1 amide bonds. The number of nitrogens with zero attached hydrogens (tertiary/aromatic N) is 3. The first kappa shape index (κ1) is 13.4. The molecule has 1 heterocycles. The minimum absolute atomic E-state index is 0.0320. The number of para-hydroxylation sites is 1. The van der Waals surface area contributed by atoms with Gasteiger partial charge in [-0.3, -0.25) is 0 Å². The van der Waals surface area contributed by atoms with Gasteiger partial charge in [0, 0.05) is 0 Å². The van der Waals surface area contributed by atoms with Crippen molar-refractivity contribution in [1.82, 2.24) is 0 Å². The SMILES string of the molecule is Cc1cccc(C)c1N1C(=O)C[Se]C1=C(C#N)C#N.